The zero-order valence-electron chi connectivity index (χ0n) is 13.4. The zero-order valence-corrected chi connectivity index (χ0v) is 14.2. The highest BCUT2D eigenvalue weighted by molar-refractivity contribution is 7.07. The van der Waals surface area contributed by atoms with Gasteiger partial charge < -0.3 is 15.0 Å². The second-order valence-electron chi connectivity index (χ2n) is 5.39. The second kappa shape index (κ2) is 8.78. The molecule has 0 bridgehead atoms. The third-order valence-corrected chi connectivity index (χ3v) is 4.56. The molecule has 6 heteroatoms. The number of likely N-dealkylation sites (tertiary alicyclic amines) is 1. The van der Waals surface area contributed by atoms with Gasteiger partial charge in [0, 0.05) is 26.7 Å². The Kier molecular flexibility index (Phi) is 6.71. The van der Waals surface area contributed by atoms with Gasteiger partial charge in [-0.05, 0) is 48.6 Å². The summed E-state index contributed by atoms with van der Waals surface area (Å²) in [6.07, 6.45) is 2.88. The summed E-state index contributed by atoms with van der Waals surface area (Å²) in [7, 11) is 1.79. The maximum atomic E-state index is 11.9. The van der Waals surface area contributed by atoms with Crippen LogP contribution in [0.25, 0.3) is 0 Å². The number of carbonyl (C=O) groups excluding carboxylic acids is 1. The molecule has 122 valence electrons. The van der Waals surface area contributed by atoms with Gasteiger partial charge in [-0.1, -0.05) is 0 Å². The highest BCUT2D eigenvalue weighted by atomic mass is 32.1. The molecule has 0 saturated carbocycles. The lowest BCUT2D eigenvalue weighted by atomic mass is 9.98. The van der Waals surface area contributed by atoms with Crippen LogP contribution in [0.15, 0.2) is 21.8 Å². The number of rotatable bonds is 5. The van der Waals surface area contributed by atoms with Gasteiger partial charge in [-0.3, -0.25) is 9.79 Å². The molecule has 1 aromatic rings. The molecule has 1 aromatic heterocycles. The summed E-state index contributed by atoms with van der Waals surface area (Å²) in [5.41, 5.74) is 1.34. The molecular weight excluding hydrogens is 298 g/mol. The molecule has 0 amide bonds. The van der Waals surface area contributed by atoms with Crippen LogP contribution in [-0.4, -0.2) is 50.1 Å². The Labute approximate surface area is 136 Å². The molecule has 1 aliphatic rings. The average molecular weight is 323 g/mol. The quantitative estimate of drug-likeness (QED) is 0.512. The molecule has 0 aromatic carbocycles. The molecule has 1 N–H and O–H groups in total. The van der Waals surface area contributed by atoms with E-state index in [-0.39, 0.29) is 11.9 Å². The molecule has 0 unspecified atom stereocenters. The van der Waals surface area contributed by atoms with E-state index in [0.717, 1.165) is 38.3 Å². The number of nitrogens with zero attached hydrogens (tertiary/aromatic N) is 2. The lowest BCUT2D eigenvalue weighted by molar-refractivity contribution is -0.149. The molecule has 1 fully saturated rings. The minimum absolute atomic E-state index is 0.0378. The van der Waals surface area contributed by atoms with Gasteiger partial charge in [0.05, 0.1) is 12.5 Å². The van der Waals surface area contributed by atoms with Crippen molar-refractivity contribution in [3.05, 3.63) is 22.4 Å². The maximum absolute atomic E-state index is 11.9. The number of esters is 1. The monoisotopic (exact) mass is 323 g/mol. The van der Waals surface area contributed by atoms with Crippen molar-refractivity contribution in [3.63, 3.8) is 0 Å². The van der Waals surface area contributed by atoms with E-state index in [9.17, 15) is 4.79 Å². The van der Waals surface area contributed by atoms with Gasteiger partial charge in [0.1, 0.15) is 0 Å². The molecule has 2 heterocycles. The number of aliphatic imine (C=N–C) groups is 1. The van der Waals surface area contributed by atoms with Gasteiger partial charge in [0.15, 0.2) is 5.96 Å². The van der Waals surface area contributed by atoms with Crippen LogP contribution in [0.2, 0.25) is 0 Å². The first-order chi connectivity index (χ1) is 10.7. The van der Waals surface area contributed by atoms with E-state index in [1.165, 1.54) is 5.56 Å². The Morgan fingerprint density at radius 2 is 2.45 bits per heavy atom. The number of guanidine groups is 1. The van der Waals surface area contributed by atoms with Crippen LogP contribution < -0.4 is 5.32 Å². The van der Waals surface area contributed by atoms with Crippen molar-refractivity contribution in [2.75, 3.05) is 33.3 Å². The van der Waals surface area contributed by atoms with Crippen molar-refractivity contribution in [2.24, 2.45) is 10.9 Å². The molecule has 1 aliphatic heterocycles. The molecule has 2 rings (SSSR count). The van der Waals surface area contributed by atoms with E-state index in [1.807, 2.05) is 6.92 Å². The van der Waals surface area contributed by atoms with Crippen LogP contribution in [0.4, 0.5) is 0 Å². The van der Waals surface area contributed by atoms with Gasteiger partial charge in [-0.15, -0.1) is 0 Å². The fourth-order valence-corrected chi connectivity index (χ4v) is 3.41. The van der Waals surface area contributed by atoms with Gasteiger partial charge >= 0.3 is 5.97 Å². The molecule has 22 heavy (non-hydrogen) atoms. The Morgan fingerprint density at radius 3 is 3.14 bits per heavy atom. The van der Waals surface area contributed by atoms with Crippen LogP contribution >= 0.6 is 11.3 Å². The van der Waals surface area contributed by atoms with Crippen LogP contribution in [0, 0.1) is 5.92 Å². The summed E-state index contributed by atoms with van der Waals surface area (Å²) < 4.78 is 5.15. The zero-order chi connectivity index (χ0) is 15.8. The van der Waals surface area contributed by atoms with Crippen molar-refractivity contribution in [1.82, 2.24) is 10.2 Å². The first kappa shape index (κ1) is 16.8. The minimum Gasteiger partial charge on any atom is -0.466 e. The third-order valence-electron chi connectivity index (χ3n) is 3.83. The molecule has 1 atom stereocenters. The first-order valence-electron chi connectivity index (χ1n) is 7.88. The number of carbonyl (C=O) groups is 1. The Hall–Kier alpha value is -1.56. The fourth-order valence-electron chi connectivity index (χ4n) is 2.71. The Bertz CT molecular complexity index is 488. The number of hydrogen-bond acceptors (Lipinski definition) is 4. The third kappa shape index (κ3) is 4.73. The van der Waals surface area contributed by atoms with Crippen molar-refractivity contribution in [1.29, 1.82) is 0 Å². The predicted molar refractivity (Wildman–Crippen MR) is 90.3 cm³/mol. The number of hydrogen-bond donors (Lipinski definition) is 1. The molecule has 1 saturated heterocycles. The second-order valence-corrected chi connectivity index (χ2v) is 6.17. The Morgan fingerprint density at radius 1 is 1.59 bits per heavy atom. The average Bonchev–Trinajstić information content (AvgIpc) is 3.05. The van der Waals surface area contributed by atoms with E-state index < -0.39 is 0 Å². The molecule has 5 nitrogen and oxygen atoms in total. The number of nitrogens with one attached hydrogen (secondary N) is 1. The van der Waals surface area contributed by atoms with Crippen molar-refractivity contribution in [2.45, 2.75) is 26.2 Å². The van der Waals surface area contributed by atoms with E-state index in [4.69, 9.17) is 4.74 Å². The number of piperidine rings is 1. The molecule has 0 radical (unpaired) electrons. The molecule has 0 spiro atoms. The van der Waals surface area contributed by atoms with Gasteiger partial charge in [0.2, 0.25) is 0 Å². The van der Waals surface area contributed by atoms with Crippen molar-refractivity contribution in [3.8, 4) is 0 Å². The van der Waals surface area contributed by atoms with E-state index in [0.29, 0.717) is 13.2 Å². The first-order valence-corrected chi connectivity index (χ1v) is 8.82. The number of ether oxygens (including phenoxy) is 1. The topological polar surface area (TPSA) is 53.9 Å². The van der Waals surface area contributed by atoms with E-state index >= 15 is 0 Å². The summed E-state index contributed by atoms with van der Waals surface area (Å²) in [6, 6.07) is 2.15. The summed E-state index contributed by atoms with van der Waals surface area (Å²) in [6.45, 7) is 4.78. The van der Waals surface area contributed by atoms with E-state index in [2.05, 4.69) is 32.0 Å². The van der Waals surface area contributed by atoms with Gasteiger partial charge in [0.25, 0.3) is 0 Å². The van der Waals surface area contributed by atoms with Gasteiger partial charge in [-0.25, -0.2) is 0 Å². The number of thiophene rings is 1. The lowest BCUT2D eigenvalue weighted by Gasteiger charge is -2.33. The standard InChI is InChI=1S/C16H25N3O2S/c1-3-21-15(20)14-5-4-9-19(11-14)16(17-2)18-8-6-13-7-10-22-12-13/h7,10,12,14H,3-6,8-9,11H2,1-2H3,(H,17,18)/t14-/m0/s1. The normalized spacial score (nSPS) is 19.1. The van der Waals surface area contributed by atoms with Crippen LogP contribution in [0.5, 0.6) is 0 Å². The fraction of sp³-hybridized carbons (Fsp3) is 0.625. The highest BCUT2D eigenvalue weighted by Crippen LogP contribution is 2.18. The van der Waals surface area contributed by atoms with Crippen LogP contribution in [-0.2, 0) is 16.0 Å². The SMILES string of the molecule is CCOC(=O)[C@H]1CCCN(C(=NC)NCCc2ccsc2)C1. The van der Waals surface area contributed by atoms with Crippen molar-refractivity contribution < 1.29 is 9.53 Å². The van der Waals surface area contributed by atoms with Crippen molar-refractivity contribution >= 4 is 23.3 Å². The summed E-state index contributed by atoms with van der Waals surface area (Å²) >= 11 is 1.72. The minimum atomic E-state index is -0.0825. The maximum Gasteiger partial charge on any atom is 0.310 e. The summed E-state index contributed by atoms with van der Waals surface area (Å²) in [5.74, 6) is 0.759. The van der Waals surface area contributed by atoms with Crippen LogP contribution in [0.1, 0.15) is 25.3 Å². The van der Waals surface area contributed by atoms with Crippen LogP contribution in [0.3, 0.4) is 0 Å². The summed E-state index contributed by atoms with van der Waals surface area (Å²) in [5, 5.41) is 7.66. The molecule has 0 aliphatic carbocycles. The molecular formula is C16H25N3O2S. The largest absolute Gasteiger partial charge is 0.466 e. The summed E-state index contributed by atoms with van der Waals surface area (Å²) in [4.78, 5) is 18.4. The van der Waals surface area contributed by atoms with Gasteiger partial charge in [-0.2, -0.15) is 11.3 Å². The lowest BCUT2D eigenvalue weighted by Crippen LogP contribution is -2.48. The Balaban J connectivity index is 1.83. The van der Waals surface area contributed by atoms with E-state index in [1.54, 1.807) is 18.4 Å². The smallest absolute Gasteiger partial charge is 0.310 e. The predicted octanol–water partition coefficient (Wildman–Crippen LogP) is 2.14. The highest BCUT2D eigenvalue weighted by Gasteiger charge is 2.28.